The van der Waals surface area contributed by atoms with E-state index >= 15 is 0 Å². The van der Waals surface area contributed by atoms with E-state index in [9.17, 15) is 4.39 Å². The normalized spacial score (nSPS) is 14.6. The van der Waals surface area contributed by atoms with Crippen LogP contribution in [0.4, 0.5) is 4.39 Å². The van der Waals surface area contributed by atoms with Crippen LogP contribution < -0.4 is 15.5 Å². The minimum Gasteiger partial charge on any atom is -0.273 e. The van der Waals surface area contributed by atoms with E-state index in [4.69, 9.17) is 0 Å². The van der Waals surface area contributed by atoms with Gasteiger partial charge in [0.2, 0.25) is 0 Å². The molecule has 0 radical (unpaired) electrons. The molecule has 3 aromatic rings. The second kappa shape index (κ2) is 9.05. The lowest BCUT2D eigenvalue weighted by atomic mass is 10.1. The van der Waals surface area contributed by atoms with E-state index in [-0.39, 0.29) is 17.9 Å². The highest BCUT2D eigenvalue weighted by Crippen LogP contribution is 2.33. The lowest BCUT2D eigenvalue weighted by molar-refractivity contribution is 0.628. The minimum absolute atomic E-state index is 0.183. The standard InChI is InChI=1S/C22H24FN2P/c1-17(19-9-5-3-6-10-19)24-26(22-15-13-21(23)14-16-22)25-18(2)20-11-7-4-8-12-20/h3-18,24-25H,1-2H3. The molecule has 2 nitrogen and oxygen atoms in total. The fraction of sp³-hybridized carbons (Fsp3) is 0.182. The van der Waals surface area contributed by atoms with Crippen molar-refractivity contribution < 1.29 is 4.39 Å². The summed E-state index contributed by atoms with van der Waals surface area (Å²) in [5.74, 6) is -0.212. The summed E-state index contributed by atoms with van der Waals surface area (Å²) < 4.78 is 13.4. The lowest BCUT2D eigenvalue weighted by Crippen LogP contribution is -2.29. The number of hydrogen-bond acceptors (Lipinski definition) is 2. The number of halogens is 1. The zero-order chi connectivity index (χ0) is 18.4. The largest absolute Gasteiger partial charge is 0.273 e. The van der Waals surface area contributed by atoms with E-state index in [1.807, 2.05) is 48.5 Å². The molecule has 2 unspecified atom stereocenters. The molecule has 0 spiro atoms. The topological polar surface area (TPSA) is 24.1 Å². The average molecular weight is 366 g/mol. The van der Waals surface area contributed by atoms with Gasteiger partial charge in [-0.1, -0.05) is 60.7 Å². The molecule has 0 aliphatic carbocycles. The molecule has 2 atom stereocenters. The van der Waals surface area contributed by atoms with Crippen LogP contribution in [-0.2, 0) is 0 Å². The van der Waals surface area contributed by atoms with Crippen molar-refractivity contribution in [1.82, 2.24) is 10.2 Å². The van der Waals surface area contributed by atoms with Crippen LogP contribution in [0.15, 0.2) is 84.9 Å². The van der Waals surface area contributed by atoms with Crippen molar-refractivity contribution in [3.8, 4) is 0 Å². The van der Waals surface area contributed by atoms with Crippen molar-refractivity contribution in [3.05, 3.63) is 102 Å². The molecule has 4 heteroatoms. The van der Waals surface area contributed by atoms with Gasteiger partial charge in [0.1, 0.15) is 5.82 Å². The molecule has 26 heavy (non-hydrogen) atoms. The van der Waals surface area contributed by atoms with Gasteiger partial charge < -0.3 is 0 Å². The van der Waals surface area contributed by atoms with Crippen molar-refractivity contribution in [3.63, 3.8) is 0 Å². The number of nitrogens with one attached hydrogen (secondary N) is 2. The van der Waals surface area contributed by atoms with E-state index in [2.05, 4.69) is 48.3 Å². The zero-order valence-electron chi connectivity index (χ0n) is 15.1. The highest BCUT2D eigenvalue weighted by atomic mass is 31.1. The maximum absolute atomic E-state index is 13.4. The first kappa shape index (κ1) is 18.7. The van der Waals surface area contributed by atoms with Crippen LogP contribution in [0, 0.1) is 5.82 Å². The quantitative estimate of drug-likeness (QED) is 0.542. The van der Waals surface area contributed by atoms with Gasteiger partial charge in [-0.25, -0.2) is 4.39 Å². The van der Waals surface area contributed by atoms with Crippen LogP contribution in [0.5, 0.6) is 0 Å². The van der Waals surface area contributed by atoms with Gasteiger partial charge in [0.05, 0.1) is 8.22 Å². The van der Waals surface area contributed by atoms with Crippen molar-refractivity contribution in [2.24, 2.45) is 0 Å². The van der Waals surface area contributed by atoms with Crippen LogP contribution in [0.3, 0.4) is 0 Å². The van der Waals surface area contributed by atoms with E-state index in [1.165, 1.54) is 23.3 Å². The summed E-state index contributed by atoms with van der Waals surface area (Å²) in [5, 5.41) is 8.48. The molecule has 0 fully saturated rings. The maximum Gasteiger partial charge on any atom is 0.123 e. The molecular formula is C22H24FN2P. The van der Waals surface area contributed by atoms with Crippen LogP contribution >= 0.6 is 8.22 Å². The molecule has 0 heterocycles. The van der Waals surface area contributed by atoms with Crippen molar-refractivity contribution in [2.75, 3.05) is 0 Å². The first-order chi connectivity index (χ1) is 12.6. The first-order valence-corrected chi connectivity index (χ1v) is 10.2. The summed E-state index contributed by atoms with van der Waals surface area (Å²) >= 11 is 0. The molecule has 2 N–H and O–H groups in total. The Bertz CT molecular complexity index is 746. The van der Waals surface area contributed by atoms with Gasteiger partial charge in [0.15, 0.2) is 0 Å². The van der Waals surface area contributed by atoms with Crippen molar-refractivity contribution in [1.29, 1.82) is 0 Å². The Kier molecular flexibility index (Phi) is 6.51. The Hall–Kier alpha value is -2.06. The van der Waals surface area contributed by atoms with Gasteiger partial charge >= 0.3 is 0 Å². The summed E-state index contributed by atoms with van der Waals surface area (Å²) in [6.07, 6.45) is 0. The maximum atomic E-state index is 13.4. The van der Waals surface area contributed by atoms with Gasteiger partial charge in [-0.2, -0.15) is 0 Å². The molecule has 3 aromatic carbocycles. The number of hydrogen-bond donors (Lipinski definition) is 2. The minimum atomic E-state index is -0.861. The van der Waals surface area contributed by atoms with Gasteiger partial charge in [-0.3, -0.25) is 10.2 Å². The van der Waals surface area contributed by atoms with Crippen molar-refractivity contribution in [2.45, 2.75) is 25.9 Å². The Labute approximate surface area is 156 Å². The van der Waals surface area contributed by atoms with Gasteiger partial charge in [-0.15, -0.1) is 0 Å². The summed E-state index contributed by atoms with van der Waals surface area (Å²) in [6, 6.07) is 27.9. The Balaban J connectivity index is 1.80. The Morgan fingerprint density at radius 1 is 0.654 bits per heavy atom. The van der Waals surface area contributed by atoms with E-state index in [0.29, 0.717) is 0 Å². The SMILES string of the molecule is CC(NP(NC(C)c1ccccc1)c1ccc(F)cc1)c1ccccc1. The molecule has 0 aromatic heterocycles. The highest BCUT2D eigenvalue weighted by Gasteiger charge is 2.18. The van der Waals surface area contributed by atoms with Gasteiger partial charge in [0.25, 0.3) is 0 Å². The zero-order valence-corrected chi connectivity index (χ0v) is 16.0. The average Bonchev–Trinajstić information content (AvgIpc) is 2.69. The highest BCUT2D eigenvalue weighted by molar-refractivity contribution is 7.61. The van der Waals surface area contributed by atoms with E-state index in [1.54, 1.807) is 0 Å². The molecule has 134 valence electrons. The monoisotopic (exact) mass is 366 g/mol. The van der Waals surface area contributed by atoms with E-state index < -0.39 is 8.22 Å². The predicted molar refractivity (Wildman–Crippen MR) is 109 cm³/mol. The second-order valence-corrected chi connectivity index (χ2v) is 8.04. The fourth-order valence-corrected chi connectivity index (χ4v) is 4.69. The van der Waals surface area contributed by atoms with Gasteiger partial charge in [0, 0.05) is 17.4 Å². The Morgan fingerprint density at radius 2 is 1.08 bits per heavy atom. The van der Waals surface area contributed by atoms with Crippen molar-refractivity contribution >= 4 is 13.5 Å². The Morgan fingerprint density at radius 3 is 1.50 bits per heavy atom. The summed E-state index contributed by atoms with van der Waals surface area (Å²) in [6.45, 7) is 4.31. The number of benzene rings is 3. The number of rotatable bonds is 7. The summed E-state index contributed by atoms with van der Waals surface area (Å²) in [7, 11) is -0.861. The van der Waals surface area contributed by atoms with Crippen LogP contribution in [0.1, 0.15) is 37.1 Å². The summed E-state index contributed by atoms with van der Waals surface area (Å²) in [5.41, 5.74) is 2.47. The van der Waals surface area contributed by atoms with Gasteiger partial charge in [-0.05, 0) is 49.2 Å². The molecule has 3 rings (SSSR count). The molecule has 0 aliphatic rings. The molecule has 0 aliphatic heterocycles. The van der Waals surface area contributed by atoms with Crippen LogP contribution in [0.25, 0.3) is 0 Å². The fourth-order valence-electron chi connectivity index (χ4n) is 2.80. The molecule has 0 saturated heterocycles. The third-order valence-electron chi connectivity index (χ3n) is 4.33. The molecular weight excluding hydrogens is 342 g/mol. The molecule has 0 amide bonds. The summed E-state index contributed by atoms with van der Waals surface area (Å²) in [4.78, 5) is 0. The van der Waals surface area contributed by atoms with E-state index in [0.717, 1.165) is 5.30 Å². The molecule has 0 bridgehead atoms. The first-order valence-electron chi connectivity index (χ1n) is 8.81. The molecule has 0 saturated carbocycles. The predicted octanol–water partition coefficient (Wildman–Crippen LogP) is 5.46. The third kappa shape index (κ3) is 4.98. The third-order valence-corrected chi connectivity index (χ3v) is 6.44. The van der Waals surface area contributed by atoms with Crippen LogP contribution in [-0.4, -0.2) is 0 Å². The van der Waals surface area contributed by atoms with Crippen LogP contribution in [0.2, 0.25) is 0 Å². The lowest BCUT2D eigenvalue weighted by Gasteiger charge is -2.28. The second-order valence-electron chi connectivity index (χ2n) is 6.33. The smallest absolute Gasteiger partial charge is 0.123 e.